The van der Waals surface area contributed by atoms with Gasteiger partial charge in [-0.2, -0.15) is 0 Å². The molecule has 152 valence electrons. The average Bonchev–Trinajstić information content (AvgIpc) is 3.27. The van der Waals surface area contributed by atoms with Crippen LogP contribution in [0.15, 0.2) is 22.5 Å². The van der Waals surface area contributed by atoms with Crippen molar-refractivity contribution in [2.24, 2.45) is 4.99 Å². The normalized spacial score (nSPS) is 21.9. The number of thiophene rings is 1. The predicted octanol–water partition coefficient (Wildman–Crippen LogP) is 2.75. The first-order valence-corrected chi connectivity index (χ1v) is 11.6. The Labute approximate surface area is 169 Å². The van der Waals surface area contributed by atoms with Crippen LogP contribution in [0.4, 0.5) is 0 Å². The Kier molecular flexibility index (Phi) is 7.97. The molecule has 5 nitrogen and oxygen atoms in total. The minimum atomic E-state index is 0.292. The van der Waals surface area contributed by atoms with Crippen LogP contribution in [-0.4, -0.2) is 75.2 Å². The SMILES string of the molecule is CCN1CCN(CCNC(=NC)NCC2(c3cccs3)CCCCC2)CC1. The van der Waals surface area contributed by atoms with Crippen LogP contribution in [-0.2, 0) is 5.41 Å². The molecule has 0 unspecified atom stereocenters. The van der Waals surface area contributed by atoms with Gasteiger partial charge >= 0.3 is 0 Å². The Hall–Kier alpha value is -1.11. The summed E-state index contributed by atoms with van der Waals surface area (Å²) in [5.74, 6) is 0.948. The van der Waals surface area contributed by atoms with Gasteiger partial charge < -0.3 is 15.5 Å². The van der Waals surface area contributed by atoms with E-state index in [1.165, 1.54) is 64.8 Å². The molecule has 6 heteroatoms. The molecule has 1 aliphatic carbocycles. The van der Waals surface area contributed by atoms with E-state index in [1.807, 2.05) is 18.4 Å². The molecule has 2 N–H and O–H groups in total. The molecule has 2 heterocycles. The van der Waals surface area contributed by atoms with E-state index in [4.69, 9.17) is 0 Å². The van der Waals surface area contributed by atoms with Gasteiger partial charge in [-0.1, -0.05) is 32.3 Å². The molecule has 0 bridgehead atoms. The zero-order chi connectivity index (χ0) is 19.0. The topological polar surface area (TPSA) is 42.9 Å². The van der Waals surface area contributed by atoms with Gasteiger partial charge in [0.25, 0.3) is 0 Å². The number of aliphatic imine (C=N–C) groups is 1. The maximum Gasteiger partial charge on any atom is 0.191 e. The molecule has 1 saturated carbocycles. The third kappa shape index (κ3) is 5.69. The van der Waals surface area contributed by atoms with Crippen LogP contribution in [0, 0.1) is 0 Å². The summed E-state index contributed by atoms with van der Waals surface area (Å²) in [6, 6.07) is 4.52. The zero-order valence-electron chi connectivity index (χ0n) is 17.2. The average molecular weight is 392 g/mol. The first kappa shape index (κ1) is 20.6. The minimum Gasteiger partial charge on any atom is -0.355 e. The van der Waals surface area contributed by atoms with Crippen LogP contribution in [0.1, 0.15) is 43.9 Å². The number of hydrogen-bond acceptors (Lipinski definition) is 4. The van der Waals surface area contributed by atoms with Gasteiger partial charge in [-0.25, -0.2) is 0 Å². The van der Waals surface area contributed by atoms with Crippen molar-refractivity contribution in [3.8, 4) is 0 Å². The number of rotatable bonds is 7. The molecule has 1 aromatic heterocycles. The lowest BCUT2D eigenvalue weighted by atomic mass is 9.73. The Morgan fingerprint density at radius 2 is 1.85 bits per heavy atom. The van der Waals surface area contributed by atoms with Gasteiger partial charge in [0, 0.05) is 63.2 Å². The molecule has 0 amide bonds. The van der Waals surface area contributed by atoms with Crippen molar-refractivity contribution in [3.63, 3.8) is 0 Å². The number of guanidine groups is 1. The van der Waals surface area contributed by atoms with Gasteiger partial charge in [0.2, 0.25) is 0 Å². The van der Waals surface area contributed by atoms with Crippen LogP contribution in [0.25, 0.3) is 0 Å². The molecule has 0 aromatic carbocycles. The van der Waals surface area contributed by atoms with Crippen LogP contribution >= 0.6 is 11.3 Å². The van der Waals surface area contributed by atoms with E-state index in [2.05, 4.69) is 49.9 Å². The van der Waals surface area contributed by atoms with Crippen molar-refractivity contribution >= 4 is 17.3 Å². The first-order valence-electron chi connectivity index (χ1n) is 10.7. The molecule has 0 radical (unpaired) electrons. The second kappa shape index (κ2) is 10.4. The Balaban J connectivity index is 1.44. The number of nitrogens with zero attached hydrogens (tertiary/aromatic N) is 3. The highest BCUT2D eigenvalue weighted by Crippen LogP contribution is 2.41. The molecule has 3 rings (SSSR count). The summed E-state index contributed by atoms with van der Waals surface area (Å²) in [7, 11) is 1.88. The highest BCUT2D eigenvalue weighted by atomic mass is 32.1. The number of piperazine rings is 1. The van der Waals surface area contributed by atoms with Crippen LogP contribution in [0.3, 0.4) is 0 Å². The molecule has 1 aromatic rings. The van der Waals surface area contributed by atoms with E-state index >= 15 is 0 Å². The molecule has 1 aliphatic heterocycles. The van der Waals surface area contributed by atoms with E-state index in [-0.39, 0.29) is 0 Å². The van der Waals surface area contributed by atoms with E-state index in [0.717, 1.165) is 25.6 Å². The summed E-state index contributed by atoms with van der Waals surface area (Å²) < 4.78 is 0. The van der Waals surface area contributed by atoms with Crippen molar-refractivity contribution in [1.82, 2.24) is 20.4 Å². The summed E-state index contributed by atoms with van der Waals surface area (Å²) >= 11 is 1.92. The van der Waals surface area contributed by atoms with Crippen LogP contribution in [0.2, 0.25) is 0 Å². The van der Waals surface area contributed by atoms with E-state index < -0.39 is 0 Å². The quantitative estimate of drug-likeness (QED) is 0.554. The van der Waals surface area contributed by atoms with Gasteiger partial charge in [-0.3, -0.25) is 9.89 Å². The summed E-state index contributed by atoms with van der Waals surface area (Å²) in [6.07, 6.45) is 6.65. The van der Waals surface area contributed by atoms with Crippen LogP contribution < -0.4 is 10.6 Å². The number of likely N-dealkylation sites (N-methyl/N-ethyl adjacent to an activating group) is 1. The Morgan fingerprint density at radius 3 is 2.48 bits per heavy atom. The smallest absolute Gasteiger partial charge is 0.191 e. The van der Waals surface area contributed by atoms with Gasteiger partial charge in [-0.05, 0) is 30.8 Å². The lowest BCUT2D eigenvalue weighted by Crippen LogP contribution is -2.50. The van der Waals surface area contributed by atoms with E-state index in [9.17, 15) is 0 Å². The van der Waals surface area contributed by atoms with Crippen molar-refractivity contribution in [2.75, 3.05) is 59.4 Å². The van der Waals surface area contributed by atoms with Gasteiger partial charge in [0.05, 0.1) is 0 Å². The molecule has 27 heavy (non-hydrogen) atoms. The number of nitrogens with one attached hydrogen (secondary N) is 2. The molecule has 0 atom stereocenters. The standard InChI is InChI=1S/C21H37N5S/c1-3-25-13-15-26(16-14-25)12-11-23-20(22-2)24-18-21(9-5-4-6-10-21)19-8-7-17-27-19/h7-8,17H,3-6,9-16,18H2,1-2H3,(H2,22,23,24). The van der Waals surface area contributed by atoms with E-state index in [0.29, 0.717) is 5.41 Å². The summed E-state index contributed by atoms with van der Waals surface area (Å²) in [5.41, 5.74) is 0.292. The Morgan fingerprint density at radius 1 is 1.11 bits per heavy atom. The highest BCUT2D eigenvalue weighted by molar-refractivity contribution is 7.10. The van der Waals surface area contributed by atoms with Gasteiger partial charge in [0.1, 0.15) is 0 Å². The van der Waals surface area contributed by atoms with Crippen molar-refractivity contribution < 1.29 is 0 Å². The fourth-order valence-corrected chi connectivity index (χ4v) is 5.44. The Bertz CT molecular complexity index is 557. The fraction of sp³-hybridized carbons (Fsp3) is 0.762. The third-order valence-electron chi connectivity index (χ3n) is 6.30. The summed E-state index contributed by atoms with van der Waals surface area (Å²) in [6.45, 7) is 11.2. The largest absolute Gasteiger partial charge is 0.355 e. The molecule has 2 aliphatic rings. The lowest BCUT2D eigenvalue weighted by molar-refractivity contribution is 0.139. The van der Waals surface area contributed by atoms with Crippen molar-refractivity contribution in [2.45, 2.75) is 44.4 Å². The molecule has 2 fully saturated rings. The van der Waals surface area contributed by atoms with Crippen molar-refractivity contribution in [3.05, 3.63) is 22.4 Å². The predicted molar refractivity (Wildman–Crippen MR) is 117 cm³/mol. The van der Waals surface area contributed by atoms with Crippen LogP contribution in [0.5, 0.6) is 0 Å². The van der Waals surface area contributed by atoms with Gasteiger partial charge in [0.15, 0.2) is 5.96 Å². The second-order valence-electron chi connectivity index (χ2n) is 7.95. The summed E-state index contributed by atoms with van der Waals surface area (Å²) in [5, 5.41) is 9.39. The molecule has 0 spiro atoms. The molecule has 1 saturated heterocycles. The maximum absolute atomic E-state index is 4.46. The number of hydrogen-bond donors (Lipinski definition) is 2. The maximum atomic E-state index is 4.46. The molecular formula is C21H37N5S. The zero-order valence-corrected chi connectivity index (χ0v) is 18.0. The first-order chi connectivity index (χ1) is 13.3. The van der Waals surface area contributed by atoms with Crippen molar-refractivity contribution in [1.29, 1.82) is 0 Å². The fourth-order valence-electron chi connectivity index (χ4n) is 4.45. The third-order valence-corrected chi connectivity index (χ3v) is 7.42. The minimum absolute atomic E-state index is 0.292. The molecular weight excluding hydrogens is 354 g/mol. The van der Waals surface area contributed by atoms with Gasteiger partial charge in [-0.15, -0.1) is 11.3 Å². The monoisotopic (exact) mass is 391 g/mol. The summed E-state index contributed by atoms with van der Waals surface area (Å²) in [4.78, 5) is 11.1. The second-order valence-corrected chi connectivity index (χ2v) is 8.89. The lowest BCUT2D eigenvalue weighted by Gasteiger charge is -2.37. The highest BCUT2D eigenvalue weighted by Gasteiger charge is 2.34. The van der Waals surface area contributed by atoms with E-state index in [1.54, 1.807) is 4.88 Å².